The summed E-state index contributed by atoms with van der Waals surface area (Å²) in [5.74, 6) is -1.92. The number of nitrogens with one attached hydrogen (secondary N) is 1. The van der Waals surface area contributed by atoms with Crippen LogP contribution in [0.15, 0.2) is 30.5 Å². The van der Waals surface area contributed by atoms with Crippen molar-refractivity contribution in [3.63, 3.8) is 0 Å². The van der Waals surface area contributed by atoms with E-state index in [4.69, 9.17) is 9.47 Å². The Hall–Kier alpha value is -2.48. The summed E-state index contributed by atoms with van der Waals surface area (Å²) in [6.07, 6.45) is 1.52. The Labute approximate surface area is 125 Å². The van der Waals surface area contributed by atoms with Crippen molar-refractivity contribution in [3.05, 3.63) is 47.8 Å². The van der Waals surface area contributed by atoms with Crippen molar-refractivity contribution in [2.75, 3.05) is 20.3 Å². The molecule has 0 aliphatic carbocycles. The summed E-state index contributed by atoms with van der Waals surface area (Å²) in [4.78, 5) is 11.7. The molecule has 0 aliphatic heterocycles. The summed E-state index contributed by atoms with van der Waals surface area (Å²) in [5.41, 5.74) is 0.208. The highest BCUT2D eigenvalue weighted by Crippen LogP contribution is 2.17. The normalized spacial score (nSPS) is 10.5. The molecule has 0 atom stereocenters. The van der Waals surface area contributed by atoms with Gasteiger partial charge in [0.25, 0.3) is 5.91 Å². The minimum atomic E-state index is -0.801. The number of benzene rings is 1. The largest absolute Gasteiger partial charge is 0.468 e. The first-order valence-electron chi connectivity index (χ1n) is 6.48. The predicted molar refractivity (Wildman–Crippen MR) is 73.4 cm³/mol. The lowest BCUT2D eigenvalue weighted by Gasteiger charge is -2.07. The summed E-state index contributed by atoms with van der Waals surface area (Å²) in [5, 5.41) is 6.61. The van der Waals surface area contributed by atoms with Gasteiger partial charge in [0.05, 0.1) is 6.61 Å². The van der Waals surface area contributed by atoms with E-state index in [0.717, 1.165) is 12.1 Å². The molecular formula is C14H15F2N3O3. The van der Waals surface area contributed by atoms with Gasteiger partial charge in [-0.1, -0.05) is 0 Å². The number of nitrogens with zero attached hydrogens (tertiary/aromatic N) is 2. The van der Waals surface area contributed by atoms with Crippen LogP contribution in [0, 0.1) is 11.6 Å². The molecule has 1 aromatic heterocycles. The molecule has 6 nitrogen and oxygen atoms in total. The van der Waals surface area contributed by atoms with E-state index in [1.165, 1.54) is 30.1 Å². The zero-order valence-corrected chi connectivity index (χ0v) is 11.9. The summed E-state index contributed by atoms with van der Waals surface area (Å²) in [6.45, 7) is 0.673. The van der Waals surface area contributed by atoms with Crippen LogP contribution in [-0.4, -0.2) is 35.9 Å². The fraction of sp³-hybridized carbons (Fsp3) is 0.286. The molecular weight excluding hydrogens is 296 g/mol. The number of hydrogen-bond acceptors (Lipinski definition) is 4. The maximum absolute atomic E-state index is 13.4. The number of aromatic nitrogens is 2. The van der Waals surface area contributed by atoms with Crippen LogP contribution in [0.2, 0.25) is 0 Å². The van der Waals surface area contributed by atoms with Gasteiger partial charge in [-0.3, -0.25) is 4.79 Å². The Morgan fingerprint density at radius 2 is 2.18 bits per heavy atom. The van der Waals surface area contributed by atoms with Gasteiger partial charge in [0.15, 0.2) is 18.3 Å². The first kappa shape index (κ1) is 15.9. The third-order valence-electron chi connectivity index (χ3n) is 2.71. The van der Waals surface area contributed by atoms with Crippen LogP contribution in [0.5, 0.6) is 5.75 Å². The Kier molecular flexibility index (Phi) is 5.42. The summed E-state index contributed by atoms with van der Waals surface area (Å²) in [7, 11) is 1.53. The molecule has 1 N–H and O–H groups in total. The van der Waals surface area contributed by atoms with E-state index >= 15 is 0 Å². The Bertz CT molecular complexity index is 646. The van der Waals surface area contributed by atoms with Crippen molar-refractivity contribution in [2.24, 2.45) is 0 Å². The van der Waals surface area contributed by atoms with E-state index in [1.807, 2.05) is 0 Å². The third kappa shape index (κ3) is 4.26. The Balaban J connectivity index is 1.90. The van der Waals surface area contributed by atoms with E-state index in [0.29, 0.717) is 13.2 Å². The van der Waals surface area contributed by atoms with Gasteiger partial charge in [0.2, 0.25) is 0 Å². The molecule has 0 unspecified atom stereocenters. The second-order valence-electron chi connectivity index (χ2n) is 4.34. The average Bonchev–Trinajstić information content (AvgIpc) is 2.95. The number of carbonyl (C=O) groups excluding carboxylic acids is 1. The molecule has 0 saturated heterocycles. The van der Waals surface area contributed by atoms with Crippen molar-refractivity contribution < 1.29 is 23.0 Å². The number of amides is 1. The van der Waals surface area contributed by atoms with Gasteiger partial charge in [-0.05, 0) is 18.2 Å². The van der Waals surface area contributed by atoms with E-state index in [1.54, 1.807) is 0 Å². The minimum absolute atomic E-state index is 0.0944. The lowest BCUT2D eigenvalue weighted by molar-refractivity contribution is 0.0930. The smallest absolute Gasteiger partial charge is 0.271 e. The lowest BCUT2D eigenvalue weighted by Crippen LogP contribution is -2.27. The zero-order valence-electron chi connectivity index (χ0n) is 11.9. The number of halogens is 2. The van der Waals surface area contributed by atoms with Crippen LogP contribution < -0.4 is 10.1 Å². The molecule has 0 spiro atoms. The first-order chi connectivity index (χ1) is 10.6. The Morgan fingerprint density at radius 1 is 1.36 bits per heavy atom. The Morgan fingerprint density at radius 3 is 2.91 bits per heavy atom. The number of methoxy groups -OCH3 is 1. The van der Waals surface area contributed by atoms with Crippen molar-refractivity contribution in [1.29, 1.82) is 0 Å². The molecule has 8 heteroatoms. The maximum atomic E-state index is 13.4. The fourth-order valence-corrected chi connectivity index (χ4v) is 1.64. The highest BCUT2D eigenvalue weighted by Gasteiger charge is 2.10. The van der Waals surface area contributed by atoms with E-state index in [9.17, 15) is 13.6 Å². The summed E-state index contributed by atoms with van der Waals surface area (Å²) >= 11 is 0. The van der Waals surface area contributed by atoms with Gasteiger partial charge < -0.3 is 14.8 Å². The molecule has 0 bridgehead atoms. The molecule has 0 radical (unpaired) electrons. The fourth-order valence-electron chi connectivity index (χ4n) is 1.64. The number of ether oxygens (including phenoxy) is 2. The number of hydrogen-bond donors (Lipinski definition) is 1. The van der Waals surface area contributed by atoms with Crippen LogP contribution in [-0.2, 0) is 11.5 Å². The number of rotatable bonds is 7. The molecule has 0 aliphatic rings. The van der Waals surface area contributed by atoms with Crippen LogP contribution >= 0.6 is 0 Å². The van der Waals surface area contributed by atoms with Crippen molar-refractivity contribution >= 4 is 5.91 Å². The SMILES string of the molecule is COCCNC(=O)c1ccn(COc2ccc(F)cc2F)n1. The zero-order chi connectivity index (χ0) is 15.9. The maximum Gasteiger partial charge on any atom is 0.271 e. The molecule has 1 aromatic carbocycles. The van der Waals surface area contributed by atoms with Crippen LogP contribution in [0.25, 0.3) is 0 Å². The highest BCUT2D eigenvalue weighted by molar-refractivity contribution is 5.92. The molecule has 2 aromatic rings. The second kappa shape index (κ2) is 7.51. The lowest BCUT2D eigenvalue weighted by atomic mass is 10.3. The number of carbonyl (C=O) groups is 1. The van der Waals surface area contributed by atoms with Crippen LogP contribution in [0.4, 0.5) is 8.78 Å². The van der Waals surface area contributed by atoms with Gasteiger partial charge in [0.1, 0.15) is 11.5 Å². The van der Waals surface area contributed by atoms with Gasteiger partial charge in [0, 0.05) is 25.9 Å². The summed E-state index contributed by atoms with van der Waals surface area (Å²) in [6, 6.07) is 4.52. The van der Waals surface area contributed by atoms with Crippen molar-refractivity contribution in [1.82, 2.24) is 15.1 Å². The van der Waals surface area contributed by atoms with Crippen LogP contribution in [0.1, 0.15) is 10.5 Å². The molecule has 22 heavy (non-hydrogen) atoms. The predicted octanol–water partition coefficient (Wildman–Crippen LogP) is 1.57. The molecule has 1 heterocycles. The van der Waals surface area contributed by atoms with Gasteiger partial charge in [-0.15, -0.1) is 0 Å². The molecule has 2 rings (SSSR count). The van der Waals surface area contributed by atoms with Gasteiger partial charge in [-0.25, -0.2) is 13.5 Å². The first-order valence-corrected chi connectivity index (χ1v) is 6.48. The van der Waals surface area contributed by atoms with E-state index < -0.39 is 11.6 Å². The molecule has 1 amide bonds. The topological polar surface area (TPSA) is 65.4 Å². The van der Waals surface area contributed by atoms with Gasteiger partial charge >= 0.3 is 0 Å². The molecule has 0 fully saturated rings. The highest BCUT2D eigenvalue weighted by atomic mass is 19.1. The molecule has 118 valence electrons. The quantitative estimate of drug-likeness (QED) is 0.788. The van der Waals surface area contributed by atoms with E-state index in [-0.39, 0.29) is 24.1 Å². The van der Waals surface area contributed by atoms with E-state index in [2.05, 4.69) is 10.4 Å². The third-order valence-corrected chi connectivity index (χ3v) is 2.71. The summed E-state index contributed by atoms with van der Waals surface area (Å²) < 4.78 is 37.5. The van der Waals surface area contributed by atoms with Crippen LogP contribution in [0.3, 0.4) is 0 Å². The van der Waals surface area contributed by atoms with Gasteiger partial charge in [-0.2, -0.15) is 5.10 Å². The molecule has 0 saturated carbocycles. The minimum Gasteiger partial charge on any atom is -0.468 e. The second-order valence-corrected chi connectivity index (χ2v) is 4.34. The monoisotopic (exact) mass is 311 g/mol. The van der Waals surface area contributed by atoms with Crippen molar-refractivity contribution in [3.8, 4) is 5.75 Å². The van der Waals surface area contributed by atoms with Crippen molar-refractivity contribution in [2.45, 2.75) is 6.73 Å². The average molecular weight is 311 g/mol. The standard InChI is InChI=1S/C14H15F2N3O3/c1-21-7-5-17-14(20)12-4-6-19(18-12)9-22-13-3-2-10(15)8-11(13)16/h2-4,6,8H,5,7,9H2,1H3,(H,17,20).